The second kappa shape index (κ2) is 6.33. The standard InChI is InChI=1S/C16H12Cl3N3O2/c17-16(18,19)15(24)10-13(11-4-2-1-3-5-11)21-22(15)14(23)12-6-8-20-9-7-12/h1-9,24H,10H2. The number of alkyl halides is 3. The van der Waals surface area contributed by atoms with E-state index in [0.29, 0.717) is 5.71 Å². The molecule has 1 aliphatic rings. The quantitative estimate of drug-likeness (QED) is 0.807. The largest absolute Gasteiger partial charge is 0.365 e. The lowest BCUT2D eigenvalue weighted by molar-refractivity contribution is -0.0672. The third kappa shape index (κ3) is 3.00. The van der Waals surface area contributed by atoms with Crippen LogP contribution in [0.25, 0.3) is 0 Å². The number of hydrazone groups is 1. The molecule has 8 heteroatoms. The van der Waals surface area contributed by atoms with Crippen LogP contribution in [0, 0.1) is 0 Å². The average Bonchev–Trinajstić information content (AvgIpc) is 2.95. The summed E-state index contributed by atoms with van der Waals surface area (Å²) in [6.45, 7) is 0. The Morgan fingerprint density at radius 1 is 1.12 bits per heavy atom. The van der Waals surface area contributed by atoms with Crippen molar-refractivity contribution < 1.29 is 9.90 Å². The van der Waals surface area contributed by atoms with Gasteiger partial charge in [0, 0.05) is 24.4 Å². The first-order chi connectivity index (χ1) is 11.3. The van der Waals surface area contributed by atoms with E-state index in [-0.39, 0.29) is 12.0 Å². The zero-order valence-electron chi connectivity index (χ0n) is 12.2. The average molecular weight is 385 g/mol. The maximum absolute atomic E-state index is 12.7. The molecule has 0 radical (unpaired) electrons. The van der Waals surface area contributed by atoms with Crippen LogP contribution in [0.5, 0.6) is 0 Å². The van der Waals surface area contributed by atoms with E-state index >= 15 is 0 Å². The van der Waals surface area contributed by atoms with Crippen LogP contribution in [0.2, 0.25) is 0 Å². The number of aromatic nitrogens is 1. The lowest BCUT2D eigenvalue weighted by Gasteiger charge is -2.36. The number of carbonyl (C=O) groups is 1. The van der Waals surface area contributed by atoms with E-state index in [2.05, 4.69) is 10.1 Å². The Hall–Kier alpha value is -1.66. The highest BCUT2D eigenvalue weighted by Gasteiger charge is 2.58. The van der Waals surface area contributed by atoms with Crippen molar-refractivity contribution in [3.8, 4) is 0 Å². The van der Waals surface area contributed by atoms with Gasteiger partial charge in [0.25, 0.3) is 5.91 Å². The van der Waals surface area contributed by atoms with E-state index in [4.69, 9.17) is 34.8 Å². The Bertz CT molecular complexity index is 778. The van der Waals surface area contributed by atoms with E-state index in [1.165, 1.54) is 24.5 Å². The molecule has 0 fully saturated rings. The van der Waals surface area contributed by atoms with Gasteiger partial charge in [-0.15, -0.1) is 0 Å². The monoisotopic (exact) mass is 383 g/mol. The third-order valence-corrected chi connectivity index (χ3v) is 4.57. The number of rotatable bonds is 2. The van der Waals surface area contributed by atoms with E-state index in [1.807, 2.05) is 18.2 Å². The second-order valence-corrected chi connectivity index (χ2v) is 7.54. The number of pyridine rings is 1. The van der Waals surface area contributed by atoms with Crippen LogP contribution < -0.4 is 0 Å². The van der Waals surface area contributed by atoms with E-state index in [9.17, 15) is 9.90 Å². The van der Waals surface area contributed by atoms with Gasteiger partial charge in [0.05, 0.1) is 5.71 Å². The molecule has 1 aromatic carbocycles. The molecule has 1 aromatic heterocycles. The van der Waals surface area contributed by atoms with Crippen LogP contribution in [-0.4, -0.2) is 36.2 Å². The number of amides is 1. The Labute approximate surface area is 153 Å². The summed E-state index contributed by atoms with van der Waals surface area (Å²) in [7, 11) is 0. The van der Waals surface area contributed by atoms with Gasteiger partial charge in [-0.2, -0.15) is 10.1 Å². The smallest absolute Gasteiger partial charge is 0.276 e. The fourth-order valence-corrected chi connectivity index (χ4v) is 2.83. The minimum absolute atomic E-state index is 0.107. The van der Waals surface area contributed by atoms with Gasteiger partial charge in [-0.25, -0.2) is 0 Å². The molecule has 1 unspecified atom stereocenters. The van der Waals surface area contributed by atoms with E-state index < -0.39 is 15.4 Å². The SMILES string of the molecule is O=C(c1ccncc1)N1N=C(c2ccccc2)CC1(O)C(Cl)(Cl)Cl. The summed E-state index contributed by atoms with van der Waals surface area (Å²) in [6, 6.07) is 12.1. The third-order valence-electron chi connectivity index (χ3n) is 3.67. The summed E-state index contributed by atoms with van der Waals surface area (Å²) >= 11 is 17.9. The molecular formula is C16H12Cl3N3O2. The molecule has 1 N–H and O–H groups in total. The number of carbonyl (C=O) groups excluding carboxylic acids is 1. The van der Waals surface area contributed by atoms with E-state index in [0.717, 1.165) is 10.6 Å². The van der Waals surface area contributed by atoms with Gasteiger partial charge in [0.15, 0.2) is 0 Å². The fraction of sp³-hybridized carbons (Fsp3) is 0.188. The number of halogens is 3. The topological polar surface area (TPSA) is 65.8 Å². The van der Waals surface area contributed by atoms with Gasteiger partial charge in [-0.1, -0.05) is 65.1 Å². The summed E-state index contributed by atoms with van der Waals surface area (Å²) < 4.78 is -2.14. The summed E-state index contributed by atoms with van der Waals surface area (Å²) in [5, 5.41) is 16.0. The van der Waals surface area contributed by atoms with Crippen molar-refractivity contribution in [2.75, 3.05) is 0 Å². The minimum atomic E-state index is -2.14. The van der Waals surface area contributed by atoms with Crippen molar-refractivity contribution in [1.82, 2.24) is 9.99 Å². The second-order valence-electron chi connectivity index (χ2n) is 5.26. The normalized spacial score (nSPS) is 20.8. The van der Waals surface area contributed by atoms with Crippen molar-refractivity contribution in [3.05, 3.63) is 66.0 Å². The number of nitrogens with zero attached hydrogens (tertiary/aromatic N) is 3. The summed E-state index contributed by atoms with van der Waals surface area (Å²) in [5.41, 5.74) is -0.638. The van der Waals surface area contributed by atoms with Crippen LogP contribution in [-0.2, 0) is 0 Å². The first-order valence-corrected chi connectivity index (χ1v) is 8.13. The molecule has 0 saturated heterocycles. The highest BCUT2D eigenvalue weighted by atomic mass is 35.6. The maximum atomic E-state index is 12.7. The van der Waals surface area contributed by atoms with Crippen LogP contribution >= 0.6 is 34.8 Å². The molecule has 0 aliphatic carbocycles. The van der Waals surface area contributed by atoms with Crippen molar-refractivity contribution in [2.24, 2.45) is 5.10 Å². The Morgan fingerprint density at radius 3 is 2.33 bits per heavy atom. The highest BCUT2D eigenvalue weighted by Crippen LogP contribution is 2.46. The van der Waals surface area contributed by atoms with Crippen molar-refractivity contribution in [3.63, 3.8) is 0 Å². The molecule has 124 valence electrons. The number of hydrogen-bond donors (Lipinski definition) is 1. The number of hydrogen-bond acceptors (Lipinski definition) is 4. The van der Waals surface area contributed by atoms with Gasteiger partial charge in [-0.3, -0.25) is 9.78 Å². The molecule has 1 atom stereocenters. The zero-order valence-corrected chi connectivity index (χ0v) is 14.5. The van der Waals surface area contributed by atoms with Gasteiger partial charge < -0.3 is 5.11 Å². The van der Waals surface area contributed by atoms with Crippen LogP contribution in [0.15, 0.2) is 60.0 Å². The highest BCUT2D eigenvalue weighted by molar-refractivity contribution is 6.68. The number of aliphatic hydroxyl groups is 1. The maximum Gasteiger partial charge on any atom is 0.276 e. The van der Waals surface area contributed by atoms with Crippen molar-refractivity contribution >= 4 is 46.4 Å². The molecule has 0 spiro atoms. The summed E-state index contributed by atoms with van der Waals surface area (Å²) in [5.74, 6) is -0.586. The Morgan fingerprint density at radius 2 is 1.75 bits per heavy atom. The molecule has 2 heterocycles. The van der Waals surface area contributed by atoms with Crippen LogP contribution in [0.4, 0.5) is 0 Å². The lowest BCUT2D eigenvalue weighted by Crippen LogP contribution is -2.55. The van der Waals surface area contributed by atoms with Gasteiger partial charge in [0.1, 0.15) is 0 Å². The predicted molar refractivity (Wildman–Crippen MR) is 93.2 cm³/mol. The molecule has 5 nitrogen and oxygen atoms in total. The zero-order chi connectivity index (χ0) is 17.4. The predicted octanol–water partition coefficient (Wildman–Crippen LogP) is 3.39. The minimum Gasteiger partial charge on any atom is -0.365 e. The van der Waals surface area contributed by atoms with Crippen molar-refractivity contribution in [2.45, 2.75) is 15.9 Å². The molecule has 0 bridgehead atoms. The van der Waals surface area contributed by atoms with Crippen LogP contribution in [0.1, 0.15) is 22.3 Å². The fourth-order valence-electron chi connectivity index (χ4n) is 2.39. The Balaban J connectivity index is 2.05. The molecule has 1 amide bonds. The number of benzene rings is 1. The van der Waals surface area contributed by atoms with Gasteiger partial charge in [-0.05, 0) is 17.7 Å². The molecule has 3 rings (SSSR count). The van der Waals surface area contributed by atoms with Gasteiger partial charge in [0.2, 0.25) is 9.52 Å². The van der Waals surface area contributed by atoms with Gasteiger partial charge >= 0.3 is 0 Å². The van der Waals surface area contributed by atoms with Crippen molar-refractivity contribution in [1.29, 1.82) is 0 Å². The molecule has 0 saturated carbocycles. The van der Waals surface area contributed by atoms with E-state index in [1.54, 1.807) is 12.1 Å². The molecule has 24 heavy (non-hydrogen) atoms. The van der Waals surface area contributed by atoms with Crippen LogP contribution in [0.3, 0.4) is 0 Å². The first-order valence-electron chi connectivity index (χ1n) is 6.99. The lowest BCUT2D eigenvalue weighted by atomic mass is 10.0. The summed E-state index contributed by atoms with van der Waals surface area (Å²) in [6.07, 6.45) is 2.81. The molecule has 1 aliphatic heterocycles. The Kier molecular flexibility index (Phi) is 4.53. The first kappa shape index (κ1) is 17.2. The summed E-state index contributed by atoms with van der Waals surface area (Å²) in [4.78, 5) is 16.6. The molecule has 2 aromatic rings. The molecular weight excluding hydrogens is 373 g/mol.